The number of hydrogen-bond acceptors (Lipinski definition) is 3. The molecule has 0 unspecified atom stereocenters. The zero-order chi connectivity index (χ0) is 7.33. The minimum absolute atomic E-state index is 0.227. The van der Waals surface area contributed by atoms with E-state index in [4.69, 9.17) is 16.9 Å². The first-order valence-electron chi connectivity index (χ1n) is 2.02. The Labute approximate surface area is 58.5 Å². The maximum absolute atomic E-state index is 10.4. The zero-order valence-corrected chi connectivity index (χ0v) is 6.04. The number of hydrogen-bond donors (Lipinski definition) is 1. The fourth-order valence-corrected chi connectivity index (χ4v) is 0.774. The van der Waals surface area contributed by atoms with Crippen molar-refractivity contribution < 1.29 is 8.42 Å². The lowest BCUT2D eigenvalue weighted by molar-refractivity contribution is 0.590. The summed E-state index contributed by atoms with van der Waals surface area (Å²) in [4.78, 5) is 0. The Bertz CT molecular complexity index is 204. The van der Waals surface area contributed by atoms with Crippen LogP contribution in [-0.2, 0) is 10.0 Å². The molecule has 0 fully saturated rings. The van der Waals surface area contributed by atoms with Crippen molar-refractivity contribution in [2.24, 2.45) is 0 Å². The van der Waals surface area contributed by atoms with Crippen molar-refractivity contribution >= 4 is 21.6 Å². The molecule has 0 aromatic heterocycles. The summed E-state index contributed by atoms with van der Waals surface area (Å²) in [6.45, 7) is -0.227. The Kier molecular flexibility index (Phi) is 3.54. The largest absolute Gasteiger partial charge is 0.226 e. The molecule has 0 spiro atoms. The lowest BCUT2D eigenvalue weighted by Gasteiger charge is -1.94. The molecule has 52 valence electrons. The van der Waals surface area contributed by atoms with Crippen molar-refractivity contribution in [1.29, 1.82) is 5.26 Å². The van der Waals surface area contributed by atoms with Gasteiger partial charge < -0.3 is 0 Å². The molecule has 0 amide bonds. The molecule has 0 aliphatic rings. The minimum Gasteiger partial charge on any atom is -0.211 e. The van der Waals surface area contributed by atoms with E-state index in [-0.39, 0.29) is 6.54 Å². The highest BCUT2D eigenvalue weighted by molar-refractivity contribution is 7.90. The molecule has 4 nitrogen and oxygen atoms in total. The van der Waals surface area contributed by atoms with Crippen LogP contribution in [-0.4, -0.2) is 20.2 Å². The SMILES string of the molecule is N#CCNS(=O)(=O)CCl. The van der Waals surface area contributed by atoms with Crippen LogP contribution in [0.5, 0.6) is 0 Å². The molecule has 0 saturated carbocycles. The molecule has 0 heterocycles. The highest BCUT2D eigenvalue weighted by atomic mass is 35.5. The smallest absolute Gasteiger partial charge is 0.211 e. The predicted molar refractivity (Wildman–Crippen MR) is 33.3 cm³/mol. The zero-order valence-electron chi connectivity index (χ0n) is 4.46. The highest BCUT2D eigenvalue weighted by Crippen LogP contribution is 1.85. The monoisotopic (exact) mass is 168 g/mol. The summed E-state index contributed by atoms with van der Waals surface area (Å²) in [7, 11) is -3.39. The normalized spacial score (nSPS) is 10.7. The molecule has 6 heteroatoms. The van der Waals surface area contributed by atoms with Gasteiger partial charge in [0.2, 0.25) is 10.0 Å². The third kappa shape index (κ3) is 4.21. The van der Waals surface area contributed by atoms with Gasteiger partial charge in [0, 0.05) is 0 Å². The quantitative estimate of drug-likeness (QED) is 0.462. The number of rotatable bonds is 3. The van der Waals surface area contributed by atoms with Crippen molar-refractivity contribution in [2.45, 2.75) is 0 Å². The van der Waals surface area contributed by atoms with Gasteiger partial charge >= 0.3 is 0 Å². The predicted octanol–water partition coefficient (Wildman–Crippen LogP) is -0.374. The van der Waals surface area contributed by atoms with Crippen LogP contribution in [0, 0.1) is 11.3 Å². The first kappa shape index (κ1) is 8.69. The van der Waals surface area contributed by atoms with Crippen LogP contribution in [0.15, 0.2) is 0 Å². The summed E-state index contributed by atoms with van der Waals surface area (Å²) in [6.07, 6.45) is 0. The van der Waals surface area contributed by atoms with E-state index in [2.05, 4.69) is 0 Å². The third-order valence-corrected chi connectivity index (χ3v) is 2.25. The molecule has 9 heavy (non-hydrogen) atoms. The van der Waals surface area contributed by atoms with Crippen molar-refractivity contribution in [2.75, 3.05) is 11.8 Å². The van der Waals surface area contributed by atoms with Crippen molar-refractivity contribution in [1.82, 2.24) is 4.72 Å². The van der Waals surface area contributed by atoms with Gasteiger partial charge in [-0.3, -0.25) is 0 Å². The van der Waals surface area contributed by atoms with Gasteiger partial charge in [0.05, 0.1) is 12.6 Å². The van der Waals surface area contributed by atoms with Gasteiger partial charge in [-0.2, -0.15) is 5.26 Å². The number of sulfonamides is 1. The fraction of sp³-hybridized carbons (Fsp3) is 0.667. The molecule has 0 saturated heterocycles. The number of nitriles is 1. The topological polar surface area (TPSA) is 70.0 Å². The van der Waals surface area contributed by atoms with Gasteiger partial charge in [-0.05, 0) is 0 Å². The van der Waals surface area contributed by atoms with Crippen LogP contribution in [0.2, 0.25) is 0 Å². The third-order valence-electron chi connectivity index (χ3n) is 0.515. The summed E-state index contributed by atoms with van der Waals surface area (Å²) in [5.41, 5.74) is 0. The Balaban J connectivity index is 3.78. The highest BCUT2D eigenvalue weighted by Gasteiger charge is 2.04. The van der Waals surface area contributed by atoms with Crippen LogP contribution >= 0.6 is 11.6 Å². The van der Waals surface area contributed by atoms with E-state index in [1.165, 1.54) is 0 Å². The summed E-state index contributed by atoms with van der Waals surface area (Å²) < 4.78 is 22.7. The maximum atomic E-state index is 10.4. The second-order valence-corrected chi connectivity index (χ2v) is 3.59. The van der Waals surface area contributed by atoms with Crippen LogP contribution in [0.1, 0.15) is 0 Å². The van der Waals surface area contributed by atoms with Crippen molar-refractivity contribution in [3.05, 3.63) is 0 Å². The molecule has 0 aromatic carbocycles. The standard InChI is InChI=1S/C3H5ClN2O2S/c4-3-9(7,8)6-2-1-5/h6H,2-3H2. The van der Waals surface area contributed by atoms with E-state index < -0.39 is 15.2 Å². The van der Waals surface area contributed by atoms with E-state index in [1.807, 2.05) is 4.72 Å². The molecular weight excluding hydrogens is 164 g/mol. The Morgan fingerprint density at radius 2 is 2.22 bits per heavy atom. The van der Waals surface area contributed by atoms with Crippen LogP contribution in [0.3, 0.4) is 0 Å². The van der Waals surface area contributed by atoms with E-state index in [9.17, 15) is 8.42 Å². The summed E-state index contributed by atoms with van der Waals surface area (Å²) >= 11 is 4.97. The van der Waals surface area contributed by atoms with Crippen LogP contribution in [0.25, 0.3) is 0 Å². The molecule has 0 aromatic rings. The number of alkyl halides is 1. The average Bonchev–Trinajstić information content (AvgIpc) is 1.84. The molecule has 0 aliphatic carbocycles. The summed E-state index contributed by atoms with van der Waals surface area (Å²) in [6, 6.07) is 1.61. The van der Waals surface area contributed by atoms with Crippen LogP contribution < -0.4 is 4.72 Å². The Morgan fingerprint density at radius 1 is 1.67 bits per heavy atom. The fourth-order valence-electron chi connectivity index (χ4n) is 0.181. The lowest BCUT2D eigenvalue weighted by Crippen LogP contribution is -2.24. The van der Waals surface area contributed by atoms with Gasteiger partial charge in [0.25, 0.3) is 0 Å². The Hall–Kier alpha value is -0.310. The van der Waals surface area contributed by atoms with Crippen molar-refractivity contribution in [3.63, 3.8) is 0 Å². The van der Waals surface area contributed by atoms with Gasteiger partial charge in [-0.25, -0.2) is 13.1 Å². The van der Waals surface area contributed by atoms with Gasteiger partial charge in [-0.15, -0.1) is 11.6 Å². The maximum Gasteiger partial charge on any atom is 0.226 e. The second-order valence-electron chi connectivity index (χ2n) is 1.20. The van der Waals surface area contributed by atoms with E-state index in [0.717, 1.165) is 0 Å². The van der Waals surface area contributed by atoms with Crippen molar-refractivity contribution in [3.8, 4) is 6.07 Å². The van der Waals surface area contributed by atoms with Gasteiger partial charge in [-0.1, -0.05) is 0 Å². The van der Waals surface area contributed by atoms with Gasteiger partial charge in [0.15, 0.2) is 0 Å². The van der Waals surface area contributed by atoms with E-state index >= 15 is 0 Å². The Morgan fingerprint density at radius 3 is 2.56 bits per heavy atom. The van der Waals surface area contributed by atoms with E-state index in [1.54, 1.807) is 6.07 Å². The lowest BCUT2D eigenvalue weighted by atomic mass is 10.8. The minimum atomic E-state index is -3.39. The molecule has 0 rings (SSSR count). The van der Waals surface area contributed by atoms with E-state index in [0.29, 0.717) is 0 Å². The number of nitrogens with zero attached hydrogens (tertiary/aromatic N) is 1. The van der Waals surface area contributed by atoms with Crippen LogP contribution in [0.4, 0.5) is 0 Å². The molecule has 0 bridgehead atoms. The summed E-state index contributed by atoms with van der Waals surface area (Å²) in [5, 5.41) is 7.40. The molecule has 0 aliphatic heterocycles. The average molecular weight is 169 g/mol. The molecular formula is C3H5ClN2O2S. The first-order chi connectivity index (χ1) is 4.12. The molecule has 0 radical (unpaired) electrons. The summed E-state index contributed by atoms with van der Waals surface area (Å²) in [5.74, 6) is 0. The molecule has 1 N–H and O–H groups in total. The van der Waals surface area contributed by atoms with Gasteiger partial charge in [0.1, 0.15) is 5.21 Å². The first-order valence-corrected chi connectivity index (χ1v) is 4.21. The second kappa shape index (κ2) is 3.67. The molecule has 0 atom stereocenters. The number of nitrogens with one attached hydrogen (secondary N) is 1. The number of halogens is 1.